The van der Waals surface area contributed by atoms with Crippen molar-refractivity contribution in [2.45, 2.75) is 43.4 Å². The Morgan fingerprint density at radius 2 is 2.04 bits per heavy atom. The molecule has 0 bridgehead atoms. The van der Waals surface area contributed by atoms with Crippen molar-refractivity contribution in [1.29, 1.82) is 0 Å². The smallest absolute Gasteiger partial charge is 0.223 e. The lowest BCUT2D eigenvalue weighted by atomic mass is 10.0. The van der Waals surface area contributed by atoms with Crippen LogP contribution in [0.5, 0.6) is 0 Å². The third-order valence-corrected chi connectivity index (χ3v) is 7.99. The zero-order chi connectivity index (χ0) is 16.8. The van der Waals surface area contributed by atoms with Gasteiger partial charge in [-0.1, -0.05) is 58.3 Å². The van der Waals surface area contributed by atoms with E-state index in [4.69, 9.17) is 0 Å². The highest BCUT2D eigenvalue weighted by atomic mass is 33.1. The SMILES string of the molecule is CN1CCN(C(=O)CCCCC2CCSS2)C(c2ccccc2)C1. The van der Waals surface area contributed by atoms with Crippen molar-refractivity contribution in [2.24, 2.45) is 0 Å². The van der Waals surface area contributed by atoms with Gasteiger partial charge >= 0.3 is 0 Å². The summed E-state index contributed by atoms with van der Waals surface area (Å²) in [5.41, 5.74) is 1.26. The fourth-order valence-electron chi connectivity index (χ4n) is 3.53. The van der Waals surface area contributed by atoms with E-state index < -0.39 is 0 Å². The van der Waals surface area contributed by atoms with Gasteiger partial charge < -0.3 is 9.80 Å². The Balaban J connectivity index is 1.51. The molecule has 2 fully saturated rings. The van der Waals surface area contributed by atoms with E-state index in [1.165, 1.54) is 30.6 Å². The Morgan fingerprint density at radius 3 is 2.79 bits per heavy atom. The summed E-state index contributed by atoms with van der Waals surface area (Å²) in [7, 11) is 6.20. The third kappa shape index (κ3) is 4.93. The van der Waals surface area contributed by atoms with E-state index >= 15 is 0 Å². The number of carbonyl (C=O) groups excluding carboxylic acids is 1. The molecule has 2 atom stereocenters. The first-order valence-electron chi connectivity index (χ1n) is 9.05. The van der Waals surface area contributed by atoms with Gasteiger partial charge in [-0.3, -0.25) is 4.79 Å². The lowest BCUT2D eigenvalue weighted by molar-refractivity contribution is -0.136. The second-order valence-electron chi connectivity index (χ2n) is 6.85. The normalized spacial score (nSPS) is 25.1. The number of rotatable bonds is 6. The van der Waals surface area contributed by atoms with Crippen LogP contribution in [0.3, 0.4) is 0 Å². The summed E-state index contributed by atoms with van der Waals surface area (Å²) >= 11 is 0. The van der Waals surface area contributed by atoms with Crippen molar-refractivity contribution in [3.05, 3.63) is 35.9 Å². The molecule has 24 heavy (non-hydrogen) atoms. The van der Waals surface area contributed by atoms with Crippen molar-refractivity contribution in [3.63, 3.8) is 0 Å². The van der Waals surface area contributed by atoms with Crippen LogP contribution in [-0.2, 0) is 4.79 Å². The molecular formula is C19H28N2OS2. The van der Waals surface area contributed by atoms with Gasteiger partial charge in [0.1, 0.15) is 0 Å². The number of piperazine rings is 1. The number of hydrogen-bond donors (Lipinski definition) is 0. The Bertz CT molecular complexity index is 519. The fraction of sp³-hybridized carbons (Fsp3) is 0.632. The molecule has 2 aliphatic heterocycles. The molecule has 1 aromatic carbocycles. The molecule has 2 saturated heterocycles. The van der Waals surface area contributed by atoms with Gasteiger partial charge in [0.15, 0.2) is 0 Å². The number of likely N-dealkylation sites (N-methyl/N-ethyl adjacent to an activating group) is 1. The third-order valence-electron chi connectivity index (χ3n) is 4.98. The number of unbranched alkanes of at least 4 members (excludes halogenated alkanes) is 1. The van der Waals surface area contributed by atoms with Gasteiger partial charge in [0, 0.05) is 37.1 Å². The van der Waals surface area contributed by atoms with Gasteiger partial charge in [-0.15, -0.1) is 0 Å². The van der Waals surface area contributed by atoms with E-state index in [0.29, 0.717) is 12.3 Å². The van der Waals surface area contributed by atoms with Crippen LogP contribution in [0.2, 0.25) is 0 Å². The van der Waals surface area contributed by atoms with Gasteiger partial charge in [-0.25, -0.2) is 0 Å². The van der Waals surface area contributed by atoms with E-state index in [-0.39, 0.29) is 6.04 Å². The summed E-state index contributed by atoms with van der Waals surface area (Å²) in [4.78, 5) is 17.2. The van der Waals surface area contributed by atoms with Crippen LogP contribution in [0.25, 0.3) is 0 Å². The Morgan fingerprint density at radius 1 is 1.21 bits per heavy atom. The summed E-state index contributed by atoms with van der Waals surface area (Å²) in [6, 6.07) is 10.7. The zero-order valence-electron chi connectivity index (χ0n) is 14.5. The molecule has 0 aliphatic carbocycles. The summed E-state index contributed by atoms with van der Waals surface area (Å²) in [6.07, 6.45) is 5.55. The van der Waals surface area contributed by atoms with Crippen molar-refractivity contribution in [3.8, 4) is 0 Å². The average Bonchev–Trinajstić information content (AvgIpc) is 3.12. The van der Waals surface area contributed by atoms with Crippen LogP contribution in [0, 0.1) is 0 Å². The van der Waals surface area contributed by atoms with Crippen LogP contribution >= 0.6 is 21.6 Å². The minimum atomic E-state index is 0.208. The zero-order valence-corrected chi connectivity index (χ0v) is 16.2. The van der Waals surface area contributed by atoms with Crippen LogP contribution < -0.4 is 0 Å². The first kappa shape index (κ1) is 18.2. The second kappa shape index (κ2) is 9.16. The van der Waals surface area contributed by atoms with Crippen molar-refractivity contribution in [2.75, 3.05) is 32.4 Å². The minimum Gasteiger partial charge on any atom is -0.333 e. The summed E-state index contributed by atoms with van der Waals surface area (Å²) < 4.78 is 0. The molecule has 5 heteroatoms. The highest BCUT2D eigenvalue weighted by molar-refractivity contribution is 8.77. The minimum absolute atomic E-state index is 0.208. The maximum absolute atomic E-state index is 12.8. The van der Waals surface area contributed by atoms with Gasteiger partial charge in [-0.05, 0) is 31.9 Å². The van der Waals surface area contributed by atoms with Crippen molar-refractivity contribution >= 4 is 27.5 Å². The number of carbonyl (C=O) groups is 1. The molecule has 1 amide bonds. The fourth-order valence-corrected chi connectivity index (χ4v) is 6.56. The predicted molar refractivity (Wildman–Crippen MR) is 105 cm³/mol. The summed E-state index contributed by atoms with van der Waals surface area (Å²) in [5, 5.41) is 0.825. The molecule has 132 valence electrons. The monoisotopic (exact) mass is 364 g/mol. The molecule has 2 unspecified atom stereocenters. The molecule has 0 N–H and O–H groups in total. The predicted octanol–water partition coefficient (Wildman–Crippen LogP) is 4.22. The van der Waals surface area contributed by atoms with E-state index in [9.17, 15) is 4.79 Å². The molecule has 0 aromatic heterocycles. The first-order valence-corrected chi connectivity index (χ1v) is 11.4. The van der Waals surface area contributed by atoms with Crippen LogP contribution in [0.15, 0.2) is 30.3 Å². The number of hydrogen-bond acceptors (Lipinski definition) is 4. The lowest BCUT2D eigenvalue weighted by Crippen LogP contribution is -2.49. The van der Waals surface area contributed by atoms with Gasteiger partial charge in [0.2, 0.25) is 5.91 Å². The number of nitrogens with zero attached hydrogens (tertiary/aromatic N) is 2. The van der Waals surface area contributed by atoms with E-state index in [0.717, 1.165) is 31.3 Å². The topological polar surface area (TPSA) is 23.6 Å². The van der Waals surface area contributed by atoms with Crippen molar-refractivity contribution < 1.29 is 4.79 Å². The van der Waals surface area contributed by atoms with E-state index in [2.05, 4.69) is 41.1 Å². The molecule has 1 aromatic rings. The molecule has 2 heterocycles. The Kier molecular flexibility index (Phi) is 6.93. The quantitative estimate of drug-likeness (QED) is 0.557. The highest BCUT2D eigenvalue weighted by Crippen LogP contribution is 2.40. The molecule has 3 nitrogen and oxygen atoms in total. The maximum Gasteiger partial charge on any atom is 0.223 e. The number of amides is 1. The standard InChI is InChI=1S/C19H28N2OS2/c1-20-12-13-21(18(15-20)16-7-3-2-4-8-16)19(22)10-6-5-9-17-11-14-23-24-17/h2-4,7-8,17-18H,5-6,9-15H2,1H3. The van der Waals surface area contributed by atoms with E-state index in [1.807, 2.05) is 27.7 Å². The van der Waals surface area contributed by atoms with Gasteiger partial charge in [-0.2, -0.15) is 0 Å². The summed E-state index contributed by atoms with van der Waals surface area (Å²) in [5.74, 6) is 1.64. The van der Waals surface area contributed by atoms with Crippen LogP contribution in [0.4, 0.5) is 0 Å². The van der Waals surface area contributed by atoms with E-state index in [1.54, 1.807) is 0 Å². The van der Waals surface area contributed by atoms with Crippen molar-refractivity contribution in [1.82, 2.24) is 9.80 Å². The molecule has 2 aliphatic rings. The molecule has 3 rings (SSSR count). The van der Waals surface area contributed by atoms with Gasteiger partial charge in [0.05, 0.1) is 6.04 Å². The molecule has 0 radical (unpaired) electrons. The molecule has 0 spiro atoms. The second-order valence-corrected chi connectivity index (χ2v) is 9.64. The Labute approximate surface area is 153 Å². The van der Waals surface area contributed by atoms with Crippen LogP contribution in [-0.4, -0.2) is 53.4 Å². The molecule has 0 saturated carbocycles. The Hall–Kier alpha value is -0.650. The van der Waals surface area contributed by atoms with Gasteiger partial charge in [0.25, 0.3) is 0 Å². The maximum atomic E-state index is 12.8. The summed E-state index contributed by atoms with van der Waals surface area (Å²) in [6.45, 7) is 2.76. The number of benzene rings is 1. The highest BCUT2D eigenvalue weighted by Gasteiger charge is 2.29. The van der Waals surface area contributed by atoms with Crippen LogP contribution in [0.1, 0.15) is 43.7 Å². The lowest BCUT2D eigenvalue weighted by Gasteiger charge is -2.40. The molecular weight excluding hydrogens is 336 g/mol. The largest absolute Gasteiger partial charge is 0.333 e. The average molecular weight is 365 g/mol. The first-order chi connectivity index (χ1) is 11.7.